The first kappa shape index (κ1) is 31.9. The van der Waals surface area contributed by atoms with Crippen molar-refractivity contribution in [1.29, 1.82) is 0 Å². The van der Waals surface area contributed by atoms with Gasteiger partial charge in [-0.15, -0.1) is 0 Å². The number of ether oxygens (including phenoxy) is 3. The summed E-state index contributed by atoms with van der Waals surface area (Å²) in [5.74, 6) is 2.08. The predicted octanol–water partition coefficient (Wildman–Crippen LogP) is 5.89. The van der Waals surface area contributed by atoms with Gasteiger partial charge < -0.3 is 24.6 Å². The van der Waals surface area contributed by atoms with Gasteiger partial charge in [-0.25, -0.2) is 8.42 Å². The Bertz CT molecular complexity index is 1500. The molecule has 0 fully saturated rings. The molecule has 0 unspecified atom stereocenters. The minimum atomic E-state index is -3.57. The SMILES string of the molecule is COc1ccc(C(C[C@@H](C)NC[C@H](O)c2ccc(OCc3ccccc3)c(NS(C)(=O)=O)c2)c2ccc(OC)cc2)cc1. The first-order chi connectivity index (χ1) is 20.6. The Balaban J connectivity index is 1.45. The van der Waals surface area contributed by atoms with E-state index in [9.17, 15) is 13.5 Å². The van der Waals surface area contributed by atoms with Crippen molar-refractivity contribution in [3.63, 3.8) is 0 Å². The normalized spacial score (nSPS) is 12.9. The number of nitrogens with one attached hydrogen (secondary N) is 2. The Morgan fingerprint density at radius 2 is 1.35 bits per heavy atom. The van der Waals surface area contributed by atoms with Gasteiger partial charge in [0.15, 0.2) is 0 Å². The van der Waals surface area contributed by atoms with E-state index in [4.69, 9.17) is 14.2 Å². The summed E-state index contributed by atoms with van der Waals surface area (Å²) in [6, 6.07) is 30.9. The molecule has 0 spiro atoms. The standard InChI is InChI=1S/C34H40N2O6S/c1-24(20-31(26-10-15-29(40-2)16-11-26)27-12-17-30(41-3)18-13-27)35-22-33(37)28-14-19-34(32(21-28)36-43(4,38)39)42-23-25-8-6-5-7-9-25/h5-19,21,24,31,33,35-37H,20,22-23H2,1-4H3/t24-,33+/m1/s1. The van der Waals surface area contributed by atoms with Crippen molar-refractivity contribution in [1.82, 2.24) is 5.32 Å². The van der Waals surface area contributed by atoms with Crippen LogP contribution in [0.4, 0.5) is 5.69 Å². The molecule has 9 heteroatoms. The summed E-state index contributed by atoms with van der Waals surface area (Å²) in [6.07, 6.45) is 0.993. The van der Waals surface area contributed by atoms with Crippen LogP contribution in [0, 0.1) is 0 Å². The molecule has 4 aromatic carbocycles. The second kappa shape index (κ2) is 14.9. The lowest BCUT2D eigenvalue weighted by Crippen LogP contribution is -2.32. The Kier molecular flexibility index (Phi) is 11.1. The van der Waals surface area contributed by atoms with E-state index in [0.717, 1.165) is 40.9 Å². The van der Waals surface area contributed by atoms with Gasteiger partial charge in [0.25, 0.3) is 0 Å². The molecule has 4 rings (SSSR count). The second-order valence-corrected chi connectivity index (χ2v) is 12.3. The molecule has 0 saturated carbocycles. The zero-order chi connectivity index (χ0) is 30.8. The number of aliphatic hydroxyl groups is 1. The minimum Gasteiger partial charge on any atom is -0.497 e. The number of rotatable bonds is 15. The van der Waals surface area contributed by atoms with Crippen molar-refractivity contribution in [3.05, 3.63) is 119 Å². The van der Waals surface area contributed by atoms with Gasteiger partial charge in [-0.3, -0.25) is 4.72 Å². The van der Waals surface area contributed by atoms with E-state index in [1.54, 1.807) is 32.4 Å². The van der Waals surface area contributed by atoms with Crippen LogP contribution in [0.1, 0.15) is 47.6 Å². The third-order valence-electron chi connectivity index (χ3n) is 7.21. The molecule has 0 saturated heterocycles. The molecule has 228 valence electrons. The highest BCUT2D eigenvalue weighted by molar-refractivity contribution is 7.92. The van der Waals surface area contributed by atoms with Crippen LogP contribution in [0.2, 0.25) is 0 Å². The fraction of sp³-hybridized carbons (Fsp3) is 0.294. The average molecular weight is 605 g/mol. The molecule has 0 heterocycles. The van der Waals surface area contributed by atoms with E-state index in [0.29, 0.717) is 11.3 Å². The van der Waals surface area contributed by atoms with E-state index in [2.05, 4.69) is 41.2 Å². The second-order valence-electron chi connectivity index (χ2n) is 10.6. The largest absolute Gasteiger partial charge is 0.497 e. The maximum Gasteiger partial charge on any atom is 0.229 e. The van der Waals surface area contributed by atoms with Crippen LogP contribution in [-0.4, -0.2) is 46.6 Å². The maximum absolute atomic E-state index is 12.1. The topological polar surface area (TPSA) is 106 Å². The lowest BCUT2D eigenvalue weighted by molar-refractivity contribution is 0.169. The summed E-state index contributed by atoms with van der Waals surface area (Å²) in [5.41, 5.74) is 4.12. The Morgan fingerprint density at radius 3 is 1.88 bits per heavy atom. The van der Waals surface area contributed by atoms with Gasteiger partial charge in [-0.1, -0.05) is 60.7 Å². The Hall–Kier alpha value is -4.05. The molecule has 2 atom stereocenters. The fourth-order valence-electron chi connectivity index (χ4n) is 4.90. The molecule has 0 aliphatic heterocycles. The lowest BCUT2D eigenvalue weighted by atomic mass is 9.86. The van der Waals surface area contributed by atoms with Gasteiger partial charge in [0.2, 0.25) is 10.0 Å². The Morgan fingerprint density at radius 1 is 0.791 bits per heavy atom. The van der Waals surface area contributed by atoms with Crippen molar-refractivity contribution < 1.29 is 27.7 Å². The van der Waals surface area contributed by atoms with Gasteiger partial charge in [-0.2, -0.15) is 0 Å². The van der Waals surface area contributed by atoms with Crippen molar-refractivity contribution in [2.45, 2.75) is 38.0 Å². The highest BCUT2D eigenvalue weighted by Gasteiger charge is 2.20. The minimum absolute atomic E-state index is 0.0472. The summed E-state index contributed by atoms with van der Waals surface area (Å²) < 4.78 is 43.3. The smallest absolute Gasteiger partial charge is 0.229 e. The van der Waals surface area contributed by atoms with Crippen molar-refractivity contribution in [2.24, 2.45) is 0 Å². The Labute approximate surface area is 254 Å². The van der Waals surface area contributed by atoms with Crippen molar-refractivity contribution >= 4 is 15.7 Å². The first-order valence-electron chi connectivity index (χ1n) is 14.1. The third-order valence-corrected chi connectivity index (χ3v) is 7.80. The summed E-state index contributed by atoms with van der Waals surface area (Å²) in [6.45, 7) is 2.65. The lowest BCUT2D eigenvalue weighted by Gasteiger charge is -2.25. The van der Waals surface area contributed by atoms with Gasteiger partial charge in [0, 0.05) is 18.5 Å². The van der Waals surface area contributed by atoms with Crippen LogP contribution in [0.15, 0.2) is 97.1 Å². The molecule has 43 heavy (non-hydrogen) atoms. The predicted molar refractivity (Wildman–Crippen MR) is 171 cm³/mol. The molecule has 0 aliphatic carbocycles. The molecule has 0 bridgehead atoms. The summed E-state index contributed by atoms with van der Waals surface area (Å²) in [4.78, 5) is 0. The quantitative estimate of drug-likeness (QED) is 0.155. The number of anilines is 1. The molecule has 4 aromatic rings. The van der Waals surface area contributed by atoms with Crippen LogP contribution in [0.5, 0.6) is 17.2 Å². The summed E-state index contributed by atoms with van der Waals surface area (Å²) in [5, 5.41) is 14.5. The van der Waals surface area contributed by atoms with E-state index >= 15 is 0 Å². The van der Waals surface area contributed by atoms with Crippen LogP contribution < -0.4 is 24.2 Å². The molecular weight excluding hydrogens is 564 g/mol. The third kappa shape index (κ3) is 9.47. The maximum atomic E-state index is 12.1. The number of sulfonamides is 1. The van der Waals surface area contributed by atoms with E-state index < -0.39 is 16.1 Å². The number of methoxy groups -OCH3 is 2. The van der Waals surface area contributed by atoms with Gasteiger partial charge in [0.1, 0.15) is 23.9 Å². The summed E-state index contributed by atoms with van der Waals surface area (Å²) in [7, 11) is -0.266. The molecular formula is C34H40N2O6S. The molecule has 8 nitrogen and oxygen atoms in total. The molecule has 3 N–H and O–H groups in total. The average Bonchev–Trinajstić information content (AvgIpc) is 3.01. The van der Waals surface area contributed by atoms with Crippen molar-refractivity contribution in [2.75, 3.05) is 31.7 Å². The molecule has 0 amide bonds. The molecule has 0 radical (unpaired) electrons. The molecule has 0 aromatic heterocycles. The van der Waals surface area contributed by atoms with Gasteiger partial charge in [0.05, 0.1) is 32.3 Å². The highest BCUT2D eigenvalue weighted by Crippen LogP contribution is 2.33. The summed E-state index contributed by atoms with van der Waals surface area (Å²) >= 11 is 0. The first-order valence-corrected chi connectivity index (χ1v) is 16.0. The van der Waals surface area contributed by atoms with Gasteiger partial charge in [-0.05, 0) is 72.0 Å². The zero-order valence-corrected chi connectivity index (χ0v) is 25.8. The van der Waals surface area contributed by atoms with Crippen LogP contribution >= 0.6 is 0 Å². The highest BCUT2D eigenvalue weighted by atomic mass is 32.2. The van der Waals surface area contributed by atoms with Crippen LogP contribution in [-0.2, 0) is 16.6 Å². The van der Waals surface area contributed by atoms with Crippen LogP contribution in [0.25, 0.3) is 0 Å². The van der Waals surface area contributed by atoms with Crippen molar-refractivity contribution in [3.8, 4) is 17.2 Å². The monoisotopic (exact) mass is 604 g/mol. The number of benzene rings is 4. The van der Waals surface area contributed by atoms with Gasteiger partial charge >= 0.3 is 0 Å². The zero-order valence-electron chi connectivity index (χ0n) is 25.0. The number of hydrogen-bond acceptors (Lipinski definition) is 7. The van der Waals surface area contributed by atoms with E-state index in [1.807, 2.05) is 54.6 Å². The fourth-order valence-corrected chi connectivity index (χ4v) is 5.46. The number of aliphatic hydroxyl groups excluding tert-OH is 1. The molecule has 0 aliphatic rings. The van der Waals surface area contributed by atoms with E-state index in [1.165, 1.54) is 0 Å². The van der Waals surface area contributed by atoms with E-state index in [-0.39, 0.29) is 30.8 Å². The number of hydrogen-bond donors (Lipinski definition) is 3. The van der Waals surface area contributed by atoms with Crippen LogP contribution in [0.3, 0.4) is 0 Å².